The fourth-order valence-electron chi connectivity index (χ4n) is 3.47. The molecule has 0 radical (unpaired) electrons. The van der Waals surface area contributed by atoms with Crippen LogP contribution in [0.3, 0.4) is 0 Å². The fourth-order valence-corrected chi connectivity index (χ4v) is 3.47. The van der Waals surface area contributed by atoms with Gasteiger partial charge in [-0.3, -0.25) is 13.9 Å². The Labute approximate surface area is 132 Å². The van der Waals surface area contributed by atoms with E-state index in [-0.39, 0.29) is 17.2 Å². The summed E-state index contributed by atoms with van der Waals surface area (Å²) in [6, 6.07) is 8.45. The van der Waals surface area contributed by atoms with Gasteiger partial charge >= 0.3 is 5.69 Å². The van der Waals surface area contributed by atoms with Gasteiger partial charge in [0.15, 0.2) is 5.65 Å². The molecule has 23 heavy (non-hydrogen) atoms. The first-order valence-corrected chi connectivity index (χ1v) is 7.78. The summed E-state index contributed by atoms with van der Waals surface area (Å²) in [5.41, 5.74) is 2.90. The smallest absolute Gasteiger partial charge is 0.332 e. The van der Waals surface area contributed by atoms with Crippen molar-refractivity contribution in [1.29, 1.82) is 0 Å². The highest BCUT2D eigenvalue weighted by Gasteiger charge is 2.24. The number of imidazole rings is 1. The molecular formula is C17H18N4O2. The van der Waals surface area contributed by atoms with Crippen molar-refractivity contribution in [2.24, 2.45) is 14.1 Å². The van der Waals surface area contributed by atoms with E-state index in [1.807, 2.05) is 0 Å². The Kier molecular flexibility index (Phi) is 3.01. The summed E-state index contributed by atoms with van der Waals surface area (Å²) in [6.07, 6.45) is 2.91. The molecule has 4 rings (SSSR count). The van der Waals surface area contributed by atoms with Crippen LogP contribution in [0.1, 0.15) is 29.3 Å². The van der Waals surface area contributed by atoms with Gasteiger partial charge < -0.3 is 4.98 Å². The van der Waals surface area contributed by atoms with Crippen molar-refractivity contribution in [2.75, 3.05) is 0 Å². The molecular weight excluding hydrogens is 292 g/mol. The topological polar surface area (TPSA) is 72.7 Å². The van der Waals surface area contributed by atoms with Crippen LogP contribution in [-0.2, 0) is 26.9 Å². The lowest BCUT2D eigenvalue weighted by atomic mass is 9.83. The second kappa shape index (κ2) is 4.94. The number of nitrogens with one attached hydrogen (secondary N) is 1. The van der Waals surface area contributed by atoms with Crippen molar-refractivity contribution in [2.45, 2.75) is 25.2 Å². The highest BCUT2D eigenvalue weighted by molar-refractivity contribution is 5.69. The van der Waals surface area contributed by atoms with E-state index >= 15 is 0 Å². The Hall–Kier alpha value is -2.63. The lowest BCUT2D eigenvalue weighted by molar-refractivity contribution is 0.561. The Morgan fingerprint density at radius 3 is 2.65 bits per heavy atom. The van der Waals surface area contributed by atoms with Crippen LogP contribution >= 0.6 is 0 Å². The third-order valence-electron chi connectivity index (χ3n) is 4.85. The second-order valence-corrected chi connectivity index (χ2v) is 6.23. The molecule has 1 aromatic carbocycles. The number of nitrogens with zero attached hydrogens (tertiary/aromatic N) is 3. The molecule has 1 N–H and O–H groups in total. The number of hydrogen-bond acceptors (Lipinski definition) is 3. The zero-order chi connectivity index (χ0) is 16.1. The molecule has 118 valence electrons. The molecule has 0 fully saturated rings. The van der Waals surface area contributed by atoms with E-state index < -0.39 is 0 Å². The van der Waals surface area contributed by atoms with E-state index in [1.165, 1.54) is 22.7 Å². The van der Waals surface area contributed by atoms with Crippen LogP contribution in [0.15, 0.2) is 33.9 Å². The molecule has 6 heteroatoms. The van der Waals surface area contributed by atoms with Crippen LogP contribution in [0.4, 0.5) is 0 Å². The minimum absolute atomic E-state index is 0.247. The van der Waals surface area contributed by atoms with Crippen LogP contribution < -0.4 is 11.2 Å². The van der Waals surface area contributed by atoms with Gasteiger partial charge in [0.25, 0.3) is 5.56 Å². The Morgan fingerprint density at radius 1 is 1.13 bits per heavy atom. The Balaban J connectivity index is 1.83. The zero-order valence-electron chi connectivity index (χ0n) is 13.2. The third kappa shape index (κ3) is 2.05. The largest absolute Gasteiger partial charge is 0.336 e. The minimum atomic E-state index is -0.352. The number of aromatic amines is 1. The molecule has 6 nitrogen and oxygen atoms in total. The first-order chi connectivity index (χ1) is 11.1. The van der Waals surface area contributed by atoms with Gasteiger partial charge in [0.2, 0.25) is 0 Å². The quantitative estimate of drug-likeness (QED) is 0.735. The first-order valence-electron chi connectivity index (χ1n) is 7.78. The molecule has 1 aliphatic carbocycles. The molecule has 2 heterocycles. The van der Waals surface area contributed by atoms with Crippen LogP contribution in [0.25, 0.3) is 11.2 Å². The second-order valence-electron chi connectivity index (χ2n) is 6.23. The summed E-state index contributed by atoms with van der Waals surface area (Å²) in [6.45, 7) is 0. The van der Waals surface area contributed by atoms with E-state index in [0.29, 0.717) is 11.2 Å². The maximum absolute atomic E-state index is 12.3. The van der Waals surface area contributed by atoms with E-state index in [2.05, 4.69) is 34.2 Å². The molecule has 1 atom stereocenters. The van der Waals surface area contributed by atoms with Crippen LogP contribution in [0.5, 0.6) is 0 Å². The summed E-state index contributed by atoms with van der Waals surface area (Å²) < 4.78 is 2.54. The molecule has 3 aromatic rings. The SMILES string of the molecule is Cn1c(=O)c2[nH]c(C3CCc4ccccc4C3)nc2n(C)c1=O. The lowest BCUT2D eigenvalue weighted by Crippen LogP contribution is -2.36. The third-order valence-corrected chi connectivity index (χ3v) is 4.85. The first kappa shape index (κ1) is 14.0. The predicted molar refractivity (Wildman–Crippen MR) is 87.8 cm³/mol. The van der Waals surface area contributed by atoms with Crippen LogP contribution in [0.2, 0.25) is 0 Å². The van der Waals surface area contributed by atoms with Gasteiger partial charge in [-0.15, -0.1) is 0 Å². The maximum Gasteiger partial charge on any atom is 0.332 e. The minimum Gasteiger partial charge on any atom is -0.336 e. The molecule has 0 aliphatic heterocycles. The van der Waals surface area contributed by atoms with Gasteiger partial charge in [0.05, 0.1) is 0 Å². The maximum atomic E-state index is 12.3. The summed E-state index contributed by atoms with van der Waals surface area (Å²) in [4.78, 5) is 32.0. The van der Waals surface area contributed by atoms with Crippen molar-refractivity contribution in [3.8, 4) is 0 Å². The fraction of sp³-hybridized carbons (Fsp3) is 0.353. The van der Waals surface area contributed by atoms with Crippen molar-refractivity contribution in [1.82, 2.24) is 19.1 Å². The Bertz CT molecular complexity index is 1030. The average Bonchev–Trinajstić information content (AvgIpc) is 3.03. The van der Waals surface area contributed by atoms with E-state index in [0.717, 1.165) is 29.7 Å². The standard InChI is InChI=1S/C17H18N4O2/c1-20-15-13(16(22)21(2)17(20)23)18-14(19-15)12-8-7-10-5-3-4-6-11(10)9-12/h3-6,12H,7-9H2,1-2H3,(H,18,19). The summed E-state index contributed by atoms with van der Waals surface area (Å²) in [5.74, 6) is 1.05. The molecule has 0 amide bonds. The summed E-state index contributed by atoms with van der Waals surface area (Å²) >= 11 is 0. The zero-order valence-corrected chi connectivity index (χ0v) is 13.2. The number of benzene rings is 1. The number of fused-ring (bicyclic) bond motifs is 2. The highest BCUT2D eigenvalue weighted by Crippen LogP contribution is 2.31. The molecule has 0 bridgehead atoms. The van der Waals surface area contributed by atoms with Gasteiger partial charge in [-0.1, -0.05) is 24.3 Å². The molecule has 1 aliphatic rings. The monoisotopic (exact) mass is 310 g/mol. The van der Waals surface area contributed by atoms with E-state index in [9.17, 15) is 9.59 Å². The van der Waals surface area contributed by atoms with Crippen molar-refractivity contribution >= 4 is 11.2 Å². The number of aromatic nitrogens is 4. The Morgan fingerprint density at radius 2 is 1.87 bits per heavy atom. The predicted octanol–water partition coefficient (Wildman–Crippen LogP) is 1.23. The normalized spacial score (nSPS) is 17.4. The van der Waals surface area contributed by atoms with Crippen LogP contribution in [-0.4, -0.2) is 19.1 Å². The molecule has 0 saturated carbocycles. The van der Waals surface area contributed by atoms with Gasteiger partial charge in [-0.05, 0) is 30.4 Å². The van der Waals surface area contributed by atoms with E-state index in [4.69, 9.17) is 0 Å². The van der Waals surface area contributed by atoms with Gasteiger partial charge in [-0.2, -0.15) is 0 Å². The van der Waals surface area contributed by atoms with Crippen molar-refractivity contribution in [3.63, 3.8) is 0 Å². The van der Waals surface area contributed by atoms with Crippen molar-refractivity contribution in [3.05, 3.63) is 62.1 Å². The number of rotatable bonds is 1. The molecule has 0 saturated heterocycles. The summed E-state index contributed by atoms with van der Waals surface area (Å²) in [5, 5.41) is 0. The number of H-pyrrole nitrogens is 1. The molecule has 1 unspecified atom stereocenters. The highest BCUT2D eigenvalue weighted by atomic mass is 16.2. The lowest BCUT2D eigenvalue weighted by Gasteiger charge is -2.22. The average molecular weight is 310 g/mol. The van der Waals surface area contributed by atoms with Crippen molar-refractivity contribution < 1.29 is 0 Å². The van der Waals surface area contributed by atoms with Crippen LogP contribution in [0, 0.1) is 0 Å². The van der Waals surface area contributed by atoms with Gasteiger partial charge in [0.1, 0.15) is 11.3 Å². The van der Waals surface area contributed by atoms with E-state index in [1.54, 1.807) is 7.05 Å². The summed E-state index contributed by atoms with van der Waals surface area (Å²) in [7, 11) is 3.13. The number of aryl methyl sites for hydroxylation is 2. The van der Waals surface area contributed by atoms with Gasteiger partial charge in [-0.25, -0.2) is 9.78 Å². The number of hydrogen-bond donors (Lipinski definition) is 1. The molecule has 0 spiro atoms. The molecule has 2 aromatic heterocycles. The van der Waals surface area contributed by atoms with Gasteiger partial charge in [0, 0.05) is 20.0 Å².